The maximum absolute atomic E-state index is 13.5. The van der Waals surface area contributed by atoms with Crippen LogP contribution in [0.3, 0.4) is 0 Å². The molecule has 0 aromatic heterocycles. The molecule has 1 heterocycles. The van der Waals surface area contributed by atoms with Crippen LogP contribution in [0.2, 0.25) is 5.02 Å². The van der Waals surface area contributed by atoms with Crippen LogP contribution in [-0.4, -0.2) is 57.1 Å². The van der Waals surface area contributed by atoms with Crippen LogP contribution in [0.25, 0.3) is 0 Å². The zero-order valence-electron chi connectivity index (χ0n) is 20.7. The number of benzene rings is 1. The summed E-state index contributed by atoms with van der Waals surface area (Å²) < 4.78 is 26.7. The van der Waals surface area contributed by atoms with Crippen molar-refractivity contribution in [3.63, 3.8) is 0 Å². The first-order valence-corrected chi connectivity index (χ1v) is 14.9. The van der Waals surface area contributed by atoms with Gasteiger partial charge in [-0.15, -0.1) is 0 Å². The van der Waals surface area contributed by atoms with Crippen LogP contribution in [0, 0.1) is 11.3 Å². The fraction of sp³-hybridized carbons (Fsp3) is 0.680. The van der Waals surface area contributed by atoms with E-state index in [1.165, 1.54) is 32.1 Å². The summed E-state index contributed by atoms with van der Waals surface area (Å²) in [6.45, 7) is 1.90. The minimum Gasteiger partial charge on any atom is -0.370 e. The van der Waals surface area contributed by atoms with Gasteiger partial charge in [-0.1, -0.05) is 43.0 Å². The number of amides is 1. The van der Waals surface area contributed by atoms with E-state index in [0.717, 1.165) is 37.5 Å². The molecule has 2 fully saturated rings. The molecular weight excluding hydrogens is 486 g/mol. The molecule has 0 radical (unpaired) electrons. The molecule has 3 rings (SSSR count). The van der Waals surface area contributed by atoms with E-state index in [0.29, 0.717) is 30.6 Å². The first-order valence-electron chi connectivity index (χ1n) is 12.6. The summed E-state index contributed by atoms with van der Waals surface area (Å²) in [7, 11) is -3.55. The molecule has 1 atom stereocenters. The standard InChI is InChI=1S/C25H40ClN5O3S/c1-35(33,34)30-22(18-19-8-10-21(26)11-9-19)23(32)31-16-13-25(14-17-31,12-5-15-29-24(27)28)20-6-3-2-4-7-20/h8-11,20,22,30H,2-7,12-18H2,1H3,(H4,27,28,29). The second-order valence-corrected chi connectivity index (χ2v) is 12.4. The van der Waals surface area contributed by atoms with Gasteiger partial charge >= 0.3 is 0 Å². The lowest BCUT2D eigenvalue weighted by Crippen LogP contribution is -2.53. The van der Waals surface area contributed by atoms with Gasteiger partial charge in [0.05, 0.1) is 6.26 Å². The van der Waals surface area contributed by atoms with Crippen LogP contribution in [0.15, 0.2) is 29.3 Å². The number of guanidine groups is 1. The largest absolute Gasteiger partial charge is 0.370 e. The van der Waals surface area contributed by atoms with E-state index in [-0.39, 0.29) is 23.7 Å². The van der Waals surface area contributed by atoms with Crippen molar-refractivity contribution < 1.29 is 13.2 Å². The summed E-state index contributed by atoms with van der Waals surface area (Å²) in [5.74, 6) is 0.622. The van der Waals surface area contributed by atoms with Crippen LogP contribution in [0.1, 0.15) is 63.4 Å². The zero-order valence-corrected chi connectivity index (χ0v) is 22.3. The van der Waals surface area contributed by atoms with Gasteiger partial charge in [0.1, 0.15) is 6.04 Å². The van der Waals surface area contributed by atoms with E-state index in [1.807, 2.05) is 17.0 Å². The van der Waals surface area contributed by atoms with Gasteiger partial charge in [-0.2, -0.15) is 0 Å². The minimum absolute atomic E-state index is 0.127. The van der Waals surface area contributed by atoms with Crippen molar-refractivity contribution in [1.82, 2.24) is 9.62 Å². The van der Waals surface area contributed by atoms with E-state index in [4.69, 9.17) is 23.1 Å². The van der Waals surface area contributed by atoms with Crippen molar-refractivity contribution in [1.29, 1.82) is 0 Å². The first kappa shape index (κ1) is 27.7. The summed E-state index contributed by atoms with van der Waals surface area (Å²) in [6.07, 6.45) is 11.5. The number of halogens is 1. The number of nitrogens with one attached hydrogen (secondary N) is 1. The van der Waals surface area contributed by atoms with Gasteiger partial charge in [-0.3, -0.25) is 9.79 Å². The third kappa shape index (κ3) is 8.36. The first-order chi connectivity index (χ1) is 16.6. The molecule has 10 heteroatoms. The monoisotopic (exact) mass is 525 g/mol. The molecular formula is C25H40ClN5O3S. The zero-order chi connectivity index (χ0) is 25.5. The summed E-state index contributed by atoms with van der Waals surface area (Å²) in [5.41, 5.74) is 12.0. The number of aliphatic imine (C=N–C) groups is 1. The quantitative estimate of drug-likeness (QED) is 0.245. The van der Waals surface area contributed by atoms with Gasteiger partial charge in [0.2, 0.25) is 15.9 Å². The van der Waals surface area contributed by atoms with E-state index in [9.17, 15) is 13.2 Å². The summed E-state index contributed by atoms with van der Waals surface area (Å²) in [4.78, 5) is 19.5. The topological polar surface area (TPSA) is 131 Å². The van der Waals surface area contributed by atoms with Gasteiger partial charge in [0.25, 0.3) is 0 Å². The number of rotatable bonds is 10. The van der Waals surface area contributed by atoms with Gasteiger partial charge < -0.3 is 16.4 Å². The van der Waals surface area contributed by atoms with Crippen LogP contribution in [-0.2, 0) is 21.2 Å². The van der Waals surface area contributed by atoms with E-state index in [1.54, 1.807) is 12.1 Å². The third-order valence-corrected chi connectivity index (χ3v) is 8.64. The SMILES string of the molecule is CS(=O)(=O)NC(Cc1ccc(Cl)cc1)C(=O)N1CCC(CCCN=C(N)N)(C2CCCCC2)CC1. The number of sulfonamides is 1. The van der Waals surface area contributed by atoms with Crippen molar-refractivity contribution in [2.75, 3.05) is 25.9 Å². The van der Waals surface area contributed by atoms with Crippen LogP contribution in [0.5, 0.6) is 0 Å². The molecule has 0 bridgehead atoms. The number of carbonyl (C=O) groups excluding carboxylic acids is 1. The molecule has 1 amide bonds. The minimum atomic E-state index is -3.55. The Morgan fingerprint density at radius 2 is 1.80 bits per heavy atom. The average molecular weight is 526 g/mol. The molecule has 196 valence electrons. The normalized spacial score (nSPS) is 19.8. The molecule has 1 aliphatic heterocycles. The van der Waals surface area contributed by atoms with E-state index >= 15 is 0 Å². The van der Waals surface area contributed by atoms with Crippen molar-refractivity contribution in [2.45, 2.75) is 70.3 Å². The van der Waals surface area contributed by atoms with Crippen molar-refractivity contribution in [2.24, 2.45) is 27.8 Å². The van der Waals surface area contributed by atoms with Crippen molar-refractivity contribution in [3.05, 3.63) is 34.9 Å². The second-order valence-electron chi connectivity index (χ2n) is 10.2. The van der Waals surface area contributed by atoms with Crippen molar-refractivity contribution in [3.8, 4) is 0 Å². The summed E-state index contributed by atoms with van der Waals surface area (Å²) in [6, 6.07) is 6.32. The lowest BCUT2D eigenvalue weighted by atomic mass is 9.61. The van der Waals surface area contributed by atoms with E-state index < -0.39 is 16.1 Å². The fourth-order valence-electron chi connectivity index (χ4n) is 5.90. The Bertz CT molecular complexity index is 965. The third-order valence-electron chi connectivity index (χ3n) is 7.68. The van der Waals surface area contributed by atoms with Crippen molar-refractivity contribution >= 4 is 33.5 Å². The second kappa shape index (κ2) is 12.4. The predicted octanol–water partition coefficient (Wildman–Crippen LogP) is 3.04. The Morgan fingerprint density at radius 3 is 2.37 bits per heavy atom. The Morgan fingerprint density at radius 1 is 1.17 bits per heavy atom. The Balaban J connectivity index is 1.70. The Labute approximate surface area is 214 Å². The van der Waals surface area contributed by atoms with Gasteiger partial charge in [0.15, 0.2) is 5.96 Å². The molecule has 35 heavy (non-hydrogen) atoms. The highest BCUT2D eigenvalue weighted by Gasteiger charge is 2.42. The van der Waals surface area contributed by atoms with Gasteiger partial charge in [-0.05, 0) is 74.0 Å². The molecule has 5 N–H and O–H groups in total. The highest BCUT2D eigenvalue weighted by Crippen LogP contribution is 2.49. The predicted molar refractivity (Wildman–Crippen MR) is 142 cm³/mol. The number of piperidine rings is 1. The maximum Gasteiger partial charge on any atom is 0.241 e. The number of hydrogen-bond donors (Lipinski definition) is 3. The van der Waals surface area contributed by atoms with Gasteiger partial charge in [-0.25, -0.2) is 13.1 Å². The van der Waals surface area contributed by atoms with Crippen LogP contribution < -0.4 is 16.2 Å². The number of hydrogen-bond acceptors (Lipinski definition) is 4. The average Bonchev–Trinajstić information content (AvgIpc) is 2.82. The molecule has 1 saturated heterocycles. The maximum atomic E-state index is 13.5. The Kier molecular flexibility index (Phi) is 9.84. The molecule has 1 aliphatic carbocycles. The molecule has 1 aromatic rings. The van der Waals surface area contributed by atoms with Gasteiger partial charge in [0, 0.05) is 24.7 Å². The Hall–Kier alpha value is -1.84. The number of nitrogens with two attached hydrogens (primary N) is 2. The number of carbonyl (C=O) groups is 1. The molecule has 1 aromatic carbocycles. The lowest BCUT2D eigenvalue weighted by Gasteiger charge is -2.48. The number of likely N-dealkylation sites (tertiary alicyclic amines) is 1. The molecule has 2 aliphatic rings. The fourth-order valence-corrected chi connectivity index (χ4v) is 6.73. The smallest absolute Gasteiger partial charge is 0.241 e. The molecule has 1 saturated carbocycles. The van der Waals surface area contributed by atoms with E-state index in [2.05, 4.69) is 9.71 Å². The molecule has 1 unspecified atom stereocenters. The van der Waals surface area contributed by atoms with Crippen LogP contribution >= 0.6 is 11.6 Å². The summed E-state index contributed by atoms with van der Waals surface area (Å²) in [5, 5.41) is 0.600. The lowest BCUT2D eigenvalue weighted by molar-refractivity contribution is -0.136. The molecule has 0 spiro atoms. The summed E-state index contributed by atoms with van der Waals surface area (Å²) >= 11 is 5.98. The molecule has 8 nitrogen and oxygen atoms in total. The number of nitrogens with zero attached hydrogens (tertiary/aromatic N) is 2. The highest BCUT2D eigenvalue weighted by atomic mass is 35.5. The highest BCUT2D eigenvalue weighted by molar-refractivity contribution is 7.88. The van der Waals surface area contributed by atoms with Crippen LogP contribution in [0.4, 0.5) is 0 Å².